The Morgan fingerprint density at radius 3 is 2.82 bits per heavy atom. The standard InChI is InChI=1S/C13H20FNOS/c1-15(8-9-17-2)7-6-13(16)11-4-3-5-12(14)10-11/h3-5,10,13,16H,6-9H2,1-2H3. The lowest BCUT2D eigenvalue weighted by Gasteiger charge is -2.18. The van der Waals surface area contributed by atoms with Crippen LogP contribution in [0.25, 0.3) is 0 Å². The second-order valence-electron chi connectivity index (χ2n) is 4.16. The molecule has 0 radical (unpaired) electrons. The van der Waals surface area contributed by atoms with Crippen molar-refractivity contribution in [1.29, 1.82) is 0 Å². The number of aliphatic hydroxyl groups is 1. The molecule has 1 N–H and O–H groups in total. The number of rotatable bonds is 7. The van der Waals surface area contributed by atoms with Gasteiger partial charge in [-0.3, -0.25) is 0 Å². The van der Waals surface area contributed by atoms with Crippen LogP contribution >= 0.6 is 11.8 Å². The maximum Gasteiger partial charge on any atom is 0.123 e. The minimum Gasteiger partial charge on any atom is -0.388 e. The zero-order valence-electron chi connectivity index (χ0n) is 10.4. The zero-order chi connectivity index (χ0) is 12.7. The molecular weight excluding hydrogens is 237 g/mol. The topological polar surface area (TPSA) is 23.5 Å². The van der Waals surface area contributed by atoms with Gasteiger partial charge in [-0.05, 0) is 37.4 Å². The van der Waals surface area contributed by atoms with Crippen molar-refractivity contribution in [2.45, 2.75) is 12.5 Å². The molecule has 0 bridgehead atoms. The summed E-state index contributed by atoms with van der Waals surface area (Å²) >= 11 is 1.81. The van der Waals surface area contributed by atoms with E-state index >= 15 is 0 Å². The number of nitrogens with zero attached hydrogens (tertiary/aromatic N) is 1. The van der Waals surface area contributed by atoms with Crippen molar-refractivity contribution in [3.63, 3.8) is 0 Å². The first-order valence-electron chi connectivity index (χ1n) is 5.74. The van der Waals surface area contributed by atoms with E-state index in [2.05, 4.69) is 11.2 Å². The Labute approximate surface area is 107 Å². The summed E-state index contributed by atoms with van der Waals surface area (Å²) in [7, 11) is 2.04. The number of halogens is 1. The largest absolute Gasteiger partial charge is 0.388 e. The van der Waals surface area contributed by atoms with Gasteiger partial charge in [0.1, 0.15) is 5.82 Å². The number of hydrogen-bond donors (Lipinski definition) is 1. The summed E-state index contributed by atoms with van der Waals surface area (Å²) in [5.41, 5.74) is 0.656. The minimum atomic E-state index is -0.581. The van der Waals surface area contributed by atoms with Crippen molar-refractivity contribution in [2.24, 2.45) is 0 Å². The average molecular weight is 257 g/mol. The van der Waals surface area contributed by atoms with Crippen molar-refractivity contribution < 1.29 is 9.50 Å². The lowest BCUT2D eigenvalue weighted by molar-refractivity contribution is 0.150. The fraction of sp³-hybridized carbons (Fsp3) is 0.538. The first-order valence-corrected chi connectivity index (χ1v) is 7.14. The zero-order valence-corrected chi connectivity index (χ0v) is 11.2. The molecule has 1 aromatic rings. The van der Waals surface area contributed by atoms with Crippen LogP contribution in [0.3, 0.4) is 0 Å². The summed E-state index contributed by atoms with van der Waals surface area (Å²) in [5, 5.41) is 9.92. The molecule has 0 aliphatic heterocycles. The highest BCUT2D eigenvalue weighted by Gasteiger charge is 2.09. The molecule has 1 rings (SSSR count). The molecule has 0 spiro atoms. The molecule has 1 aromatic carbocycles. The summed E-state index contributed by atoms with van der Waals surface area (Å²) in [6.07, 6.45) is 2.13. The highest BCUT2D eigenvalue weighted by molar-refractivity contribution is 7.98. The van der Waals surface area contributed by atoms with Crippen molar-refractivity contribution >= 4 is 11.8 Å². The molecule has 1 unspecified atom stereocenters. The SMILES string of the molecule is CSCCN(C)CCC(O)c1cccc(F)c1. The van der Waals surface area contributed by atoms with Gasteiger partial charge in [-0.2, -0.15) is 11.8 Å². The van der Waals surface area contributed by atoms with E-state index < -0.39 is 6.10 Å². The Balaban J connectivity index is 2.36. The molecule has 96 valence electrons. The Kier molecular flexibility index (Phi) is 6.55. The third-order valence-corrected chi connectivity index (χ3v) is 3.29. The molecule has 0 heterocycles. The molecule has 0 amide bonds. The van der Waals surface area contributed by atoms with Gasteiger partial charge < -0.3 is 10.0 Å². The van der Waals surface area contributed by atoms with E-state index in [0.717, 1.165) is 18.8 Å². The Bertz CT molecular complexity index is 335. The Morgan fingerprint density at radius 2 is 2.18 bits per heavy atom. The van der Waals surface area contributed by atoms with Gasteiger partial charge in [0.25, 0.3) is 0 Å². The highest BCUT2D eigenvalue weighted by Crippen LogP contribution is 2.17. The van der Waals surface area contributed by atoms with Gasteiger partial charge >= 0.3 is 0 Å². The third-order valence-electron chi connectivity index (χ3n) is 2.69. The lowest BCUT2D eigenvalue weighted by Crippen LogP contribution is -2.23. The molecule has 0 saturated carbocycles. The number of thioether (sulfide) groups is 1. The molecule has 0 aliphatic rings. The molecular formula is C13H20FNOS. The molecule has 0 aliphatic carbocycles. The maximum atomic E-state index is 13.0. The summed E-state index contributed by atoms with van der Waals surface area (Å²) in [6.45, 7) is 1.83. The smallest absolute Gasteiger partial charge is 0.123 e. The number of aliphatic hydroxyl groups excluding tert-OH is 1. The van der Waals surface area contributed by atoms with E-state index in [1.165, 1.54) is 12.1 Å². The van der Waals surface area contributed by atoms with E-state index in [9.17, 15) is 9.50 Å². The van der Waals surface area contributed by atoms with E-state index in [0.29, 0.717) is 12.0 Å². The molecule has 0 saturated heterocycles. The van der Waals surface area contributed by atoms with Crippen LogP contribution in [-0.4, -0.2) is 42.2 Å². The number of benzene rings is 1. The minimum absolute atomic E-state index is 0.294. The van der Waals surface area contributed by atoms with Crippen LogP contribution in [0.1, 0.15) is 18.1 Å². The first kappa shape index (κ1) is 14.5. The predicted octanol–water partition coefficient (Wildman–Crippen LogP) is 2.54. The quantitative estimate of drug-likeness (QED) is 0.812. The highest BCUT2D eigenvalue weighted by atomic mass is 32.2. The molecule has 2 nitrogen and oxygen atoms in total. The summed E-state index contributed by atoms with van der Waals surface area (Å²) in [5.74, 6) is 0.796. The summed E-state index contributed by atoms with van der Waals surface area (Å²) in [6, 6.07) is 6.17. The Hall–Kier alpha value is -0.580. The predicted molar refractivity (Wildman–Crippen MR) is 71.9 cm³/mol. The van der Waals surface area contributed by atoms with Gasteiger partial charge in [-0.1, -0.05) is 12.1 Å². The van der Waals surface area contributed by atoms with Crippen LogP contribution in [0, 0.1) is 5.82 Å². The molecule has 4 heteroatoms. The second kappa shape index (κ2) is 7.69. The molecule has 1 atom stereocenters. The van der Waals surface area contributed by atoms with Crippen molar-refractivity contribution in [1.82, 2.24) is 4.90 Å². The van der Waals surface area contributed by atoms with E-state index in [1.54, 1.807) is 12.1 Å². The molecule has 0 fully saturated rings. The van der Waals surface area contributed by atoms with Crippen LogP contribution in [0.4, 0.5) is 4.39 Å². The van der Waals surface area contributed by atoms with Crippen LogP contribution in [0.15, 0.2) is 24.3 Å². The van der Waals surface area contributed by atoms with E-state index in [-0.39, 0.29) is 5.82 Å². The average Bonchev–Trinajstić information content (AvgIpc) is 2.33. The number of hydrogen-bond acceptors (Lipinski definition) is 3. The summed E-state index contributed by atoms with van der Waals surface area (Å²) in [4.78, 5) is 2.18. The monoisotopic (exact) mass is 257 g/mol. The summed E-state index contributed by atoms with van der Waals surface area (Å²) < 4.78 is 13.0. The molecule has 0 aromatic heterocycles. The maximum absolute atomic E-state index is 13.0. The van der Waals surface area contributed by atoms with Gasteiger partial charge in [-0.15, -0.1) is 0 Å². The lowest BCUT2D eigenvalue weighted by atomic mass is 10.1. The van der Waals surface area contributed by atoms with Crippen LogP contribution < -0.4 is 0 Å². The molecule has 17 heavy (non-hydrogen) atoms. The fourth-order valence-corrected chi connectivity index (χ4v) is 2.08. The first-order chi connectivity index (χ1) is 8.13. The van der Waals surface area contributed by atoms with Gasteiger partial charge in [0.05, 0.1) is 6.10 Å². The van der Waals surface area contributed by atoms with Crippen LogP contribution in [0.2, 0.25) is 0 Å². The third kappa shape index (κ3) is 5.52. The normalized spacial score (nSPS) is 13.0. The van der Waals surface area contributed by atoms with Crippen molar-refractivity contribution in [3.8, 4) is 0 Å². The Morgan fingerprint density at radius 1 is 1.41 bits per heavy atom. The van der Waals surface area contributed by atoms with E-state index in [1.807, 2.05) is 18.8 Å². The van der Waals surface area contributed by atoms with Gasteiger partial charge in [0, 0.05) is 18.8 Å². The van der Waals surface area contributed by atoms with Gasteiger partial charge in [-0.25, -0.2) is 4.39 Å². The van der Waals surface area contributed by atoms with Gasteiger partial charge in [0.15, 0.2) is 0 Å². The van der Waals surface area contributed by atoms with Gasteiger partial charge in [0.2, 0.25) is 0 Å². The second-order valence-corrected chi connectivity index (χ2v) is 5.14. The van der Waals surface area contributed by atoms with Crippen molar-refractivity contribution in [3.05, 3.63) is 35.6 Å². The van der Waals surface area contributed by atoms with Crippen molar-refractivity contribution in [2.75, 3.05) is 32.1 Å². The van der Waals surface area contributed by atoms with Crippen LogP contribution in [-0.2, 0) is 0 Å². The fourth-order valence-electron chi connectivity index (χ4n) is 1.58. The van der Waals surface area contributed by atoms with E-state index in [4.69, 9.17) is 0 Å². The van der Waals surface area contributed by atoms with Crippen LogP contribution in [0.5, 0.6) is 0 Å².